The zero-order valence-electron chi connectivity index (χ0n) is 14.0. The highest BCUT2D eigenvalue weighted by Gasteiger charge is 2.41. The molecule has 2 heterocycles. The monoisotopic (exact) mass is 349 g/mol. The van der Waals surface area contributed by atoms with Gasteiger partial charge in [-0.1, -0.05) is 0 Å². The van der Waals surface area contributed by atoms with Gasteiger partial charge >= 0.3 is 6.03 Å². The maximum absolute atomic E-state index is 13.4. The van der Waals surface area contributed by atoms with E-state index in [1.165, 1.54) is 18.2 Å². The van der Waals surface area contributed by atoms with Crippen molar-refractivity contribution in [1.82, 2.24) is 9.80 Å². The van der Waals surface area contributed by atoms with Crippen LogP contribution in [0.5, 0.6) is 0 Å². The van der Waals surface area contributed by atoms with Crippen LogP contribution in [0.1, 0.15) is 19.8 Å². The first-order valence-corrected chi connectivity index (χ1v) is 8.37. The fourth-order valence-electron chi connectivity index (χ4n) is 3.27. The molecule has 7 nitrogen and oxygen atoms in total. The van der Waals surface area contributed by atoms with Gasteiger partial charge in [0.2, 0.25) is 11.8 Å². The second-order valence-electron chi connectivity index (χ2n) is 6.14. The number of allylic oxidation sites excluding steroid dienone is 3. The number of carbonyl (C=O) groups is 3. The van der Waals surface area contributed by atoms with Crippen molar-refractivity contribution < 1.29 is 23.5 Å². The van der Waals surface area contributed by atoms with Gasteiger partial charge in [-0.2, -0.15) is 4.99 Å². The van der Waals surface area contributed by atoms with Crippen molar-refractivity contribution >= 4 is 23.6 Å². The molecule has 0 saturated carbocycles. The molecule has 1 atom stereocenters. The van der Waals surface area contributed by atoms with E-state index in [0.717, 1.165) is 4.90 Å². The lowest BCUT2D eigenvalue weighted by Gasteiger charge is -2.39. The van der Waals surface area contributed by atoms with E-state index in [-0.39, 0.29) is 24.3 Å². The number of carbonyl (C=O) groups excluding carboxylic acids is 3. The van der Waals surface area contributed by atoms with E-state index in [2.05, 4.69) is 4.99 Å². The van der Waals surface area contributed by atoms with Crippen LogP contribution in [0.25, 0.3) is 0 Å². The molecule has 2 aliphatic heterocycles. The van der Waals surface area contributed by atoms with Gasteiger partial charge in [0.1, 0.15) is 18.4 Å². The summed E-state index contributed by atoms with van der Waals surface area (Å²) in [4.78, 5) is 43.6. The standard InChI is InChI=1S/C17H20FN3O4/c1-2-25-10-15(22)20-7-5-12(6-8-20)21-16(23)13-9-11(18)3-4-14(13)19-17(21)24/h3-4,9,12-13H,2,5-8,10H2,1H3. The Morgan fingerprint density at radius 3 is 2.72 bits per heavy atom. The fraction of sp³-hybridized carbons (Fsp3) is 0.529. The largest absolute Gasteiger partial charge is 0.372 e. The molecule has 0 aromatic rings. The molecule has 3 aliphatic rings. The lowest BCUT2D eigenvalue weighted by Crippen LogP contribution is -2.55. The summed E-state index contributed by atoms with van der Waals surface area (Å²) in [6.45, 7) is 3.21. The molecule has 1 saturated heterocycles. The molecule has 0 radical (unpaired) electrons. The van der Waals surface area contributed by atoms with Crippen LogP contribution in [0.3, 0.4) is 0 Å². The second kappa shape index (κ2) is 7.26. The summed E-state index contributed by atoms with van der Waals surface area (Å²) in [6.07, 6.45) is 4.70. The molecule has 1 unspecified atom stereocenters. The Bertz CT molecular complexity index is 677. The Hall–Kier alpha value is -2.35. The molecule has 0 N–H and O–H groups in total. The Balaban J connectivity index is 1.66. The molecular formula is C17H20FN3O4. The summed E-state index contributed by atoms with van der Waals surface area (Å²) in [5.74, 6) is -1.91. The highest BCUT2D eigenvalue weighted by atomic mass is 19.1. The first kappa shape index (κ1) is 17.5. The first-order valence-electron chi connectivity index (χ1n) is 8.37. The average Bonchev–Trinajstić information content (AvgIpc) is 2.61. The van der Waals surface area contributed by atoms with Crippen molar-refractivity contribution in [2.75, 3.05) is 26.3 Å². The summed E-state index contributed by atoms with van der Waals surface area (Å²) in [5, 5.41) is 0. The number of fused-ring (bicyclic) bond motifs is 1. The summed E-state index contributed by atoms with van der Waals surface area (Å²) in [7, 11) is 0. The van der Waals surface area contributed by atoms with Crippen LogP contribution in [0.4, 0.5) is 9.18 Å². The number of rotatable bonds is 4. The van der Waals surface area contributed by atoms with E-state index in [0.29, 0.717) is 32.5 Å². The zero-order chi connectivity index (χ0) is 18.0. The van der Waals surface area contributed by atoms with Crippen molar-refractivity contribution in [3.63, 3.8) is 0 Å². The van der Waals surface area contributed by atoms with E-state index in [9.17, 15) is 18.8 Å². The molecule has 4 amide bonds. The predicted octanol–water partition coefficient (Wildman–Crippen LogP) is 1.46. The highest BCUT2D eigenvalue weighted by molar-refractivity contribution is 6.21. The van der Waals surface area contributed by atoms with Gasteiger partial charge in [0, 0.05) is 25.7 Å². The van der Waals surface area contributed by atoms with E-state index in [1.54, 1.807) is 4.90 Å². The summed E-state index contributed by atoms with van der Waals surface area (Å²) >= 11 is 0. The SMILES string of the molecule is CCOCC(=O)N1CCC(N2C(=O)N=C3C=CC(F)=CC3C2=O)CC1. The van der Waals surface area contributed by atoms with Crippen LogP contribution in [-0.4, -0.2) is 65.7 Å². The Morgan fingerprint density at radius 1 is 1.32 bits per heavy atom. The Kier molecular flexibility index (Phi) is 5.08. The normalized spacial score (nSPS) is 24.2. The maximum atomic E-state index is 13.4. The number of nitrogens with zero attached hydrogens (tertiary/aromatic N) is 3. The van der Waals surface area contributed by atoms with E-state index in [4.69, 9.17) is 4.74 Å². The maximum Gasteiger partial charge on any atom is 0.350 e. The molecule has 3 rings (SSSR count). The molecule has 0 spiro atoms. The van der Waals surface area contributed by atoms with E-state index < -0.39 is 23.7 Å². The number of amides is 4. The third kappa shape index (κ3) is 3.53. The fourth-order valence-corrected chi connectivity index (χ4v) is 3.27. The molecule has 25 heavy (non-hydrogen) atoms. The summed E-state index contributed by atoms with van der Waals surface area (Å²) in [5.41, 5.74) is 0.275. The minimum absolute atomic E-state index is 0.0366. The first-order chi connectivity index (χ1) is 12.0. The zero-order valence-corrected chi connectivity index (χ0v) is 14.0. The van der Waals surface area contributed by atoms with Crippen LogP contribution in [0, 0.1) is 5.92 Å². The lowest BCUT2D eigenvalue weighted by molar-refractivity contribution is -0.138. The minimum Gasteiger partial charge on any atom is -0.372 e. The minimum atomic E-state index is -0.847. The number of hydrogen-bond acceptors (Lipinski definition) is 4. The molecule has 0 aromatic carbocycles. The van der Waals surface area contributed by atoms with Gasteiger partial charge in [0.15, 0.2) is 0 Å². The van der Waals surface area contributed by atoms with Crippen molar-refractivity contribution in [2.45, 2.75) is 25.8 Å². The second-order valence-corrected chi connectivity index (χ2v) is 6.14. The average molecular weight is 349 g/mol. The van der Waals surface area contributed by atoms with Gasteiger partial charge in [-0.25, -0.2) is 9.18 Å². The number of likely N-dealkylation sites (tertiary alicyclic amines) is 1. The predicted molar refractivity (Wildman–Crippen MR) is 87.6 cm³/mol. The Labute approximate surface area is 144 Å². The quantitative estimate of drug-likeness (QED) is 0.770. The van der Waals surface area contributed by atoms with Crippen molar-refractivity contribution in [1.29, 1.82) is 0 Å². The van der Waals surface area contributed by atoms with E-state index >= 15 is 0 Å². The number of ether oxygens (including phenoxy) is 1. The van der Waals surface area contributed by atoms with Crippen LogP contribution in [0.15, 0.2) is 29.0 Å². The molecule has 8 heteroatoms. The number of halogens is 1. The number of imide groups is 1. The van der Waals surface area contributed by atoms with Crippen molar-refractivity contribution in [3.05, 3.63) is 24.1 Å². The van der Waals surface area contributed by atoms with Gasteiger partial charge in [-0.3, -0.25) is 14.5 Å². The lowest BCUT2D eigenvalue weighted by atomic mass is 9.92. The molecular weight excluding hydrogens is 329 g/mol. The number of aliphatic imine (C=N–C) groups is 1. The van der Waals surface area contributed by atoms with Crippen molar-refractivity contribution in [3.8, 4) is 0 Å². The van der Waals surface area contributed by atoms with Gasteiger partial charge in [0.05, 0.1) is 5.71 Å². The molecule has 0 bridgehead atoms. The van der Waals surface area contributed by atoms with Gasteiger partial charge in [-0.05, 0) is 38.0 Å². The number of hydrogen-bond donors (Lipinski definition) is 0. The van der Waals surface area contributed by atoms with Gasteiger partial charge in [0.25, 0.3) is 0 Å². The van der Waals surface area contributed by atoms with Crippen LogP contribution in [-0.2, 0) is 14.3 Å². The topological polar surface area (TPSA) is 79.3 Å². The van der Waals surface area contributed by atoms with Crippen LogP contribution < -0.4 is 0 Å². The molecule has 0 aromatic heterocycles. The van der Waals surface area contributed by atoms with Crippen LogP contribution in [0.2, 0.25) is 0 Å². The number of urea groups is 1. The number of piperidine rings is 1. The highest BCUT2D eigenvalue weighted by Crippen LogP contribution is 2.27. The Morgan fingerprint density at radius 2 is 2.04 bits per heavy atom. The third-order valence-electron chi connectivity index (χ3n) is 4.60. The molecule has 1 aliphatic carbocycles. The summed E-state index contributed by atoms with van der Waals surface area (Å²) in [6, 6.07) is -0.945. The van der Waals surface area contributed by atoms with E-state index in [1.807, 2.05) is 6.92 Å². The third-order valence-corrected chi connectivity index (χ3v) is 4.60. The van der Waals surface area contributed by atoms with Crippen LogP contribution >= 0.6 is 0 Å². The van der Waals surface area contributed by atoms with Gasteiger partial charge < -0.3 is 9.64 Å². The molecule has 1 fully saturated rings. The molecule has 134 valence electrons. The smallest absolute Gasteiger partial charge is 0.350 e. The van der Waals surface area contributed by atoms with Gasteiger partial charge in [-0.15, -0.1) is 0 Å². The van der Waals surface area contributed by atoms with Crippen molar-refractivity contribution in [2.24, 2.45) is 10.9 Å². The summed E-state index contributed by atoms with van der Waals surface area (Å²) < 4.78 is 18.6.